The lowest BCUT2D eigenvalue weighted by molar-refractivity contribution is -0.0582. The van der Waals surface area contributed by atoms with Crippen LogP contribution in [-0.2, 0) is 0 Å². The minimum absolute atomic E-state index is 0.0777. The van der Waals surface area contributed by atoms with Crippen molar-refractivity contribution in [2.24, 2.45) is 17.6 Å². The number of hydrogen-bond donors (Lipinski definition) is 1. The Hall–Kier alpha value is -0.220. The van der Waals surface area contributed by atoms with E-state index in [-0.39, 0.29) is 24.8 Å². The van der Waals surface area contributed by atoms with Gasteiger partial charge in [-0.3, -0.25) is 0 Å². The molecule has 2 nitrogen and oxygen atoms in total. The Morgan fingerprint density at radius 1 is 1.35 bits per heavy atom. The van der Waals surface area contributed by atoms with Crippen LogP contribution in [0.2, 0.25) is 0 Å². The van der Waals surface area contributed by atoms with E-state index in [0.717, 1.165) is 32.5 Å². The van der Waals surface area contributed by atoms with Gasteiger partial charge >= 0.3 is 0 Å². The van der Waals surface area contributed by atoms with Gasteiger partial charge in [-0.05, 0) is 37.6 Å². The van der Waals surface area contributed by atoms with E-state index in [1.807, 2.05) is 0 Å². The van der Waals surface area contributed by atoms with Gasteiger partial charge in [0.25, 0.3) is 0 Å². The summed E-state index contributed by atoms with van der Waals surface area (Å²) >= 11 is 0. The molecule has 1 saturated heterocycles. The molecule has 0 spiro atoms. The number of nitrogens with two attached hydrogens (primary N) is 1. The van der Waals surface area contributed by atoms with Crippen LogP contribution in [0.1, 0.15) is 39.0 Å². The van der Waals surface area contributed by atoms with Gasteiger partial charge in [-0.25, -0.2) is 8.78 Å². The minimum Gasteiger partial charge on any atom is -0.326 e. The molecule has 1 aliphatic heterocycles. The van der Waals surface area contributed by atoms with E-state index >= 15 is 0 Å². The molecule has 0 amide bonds. The molecule has 0 bridgehead atoms. The van der Waals surface area contributed by atoms with E-state index in [2.05, 4.69) is 11.8 Å². The van der Waals surface area contributed by atoms with Crippen LogP contribution in [0, 0.1) is 11.8 Å². The third kappa shape index (κ3) is 3.62. The number of rotatable bonds is 2. The second kappa shape index (κ2) is 5.19. The molecule has 2 aliphatic rings. The second-order valence-electron chi connectivity index (χ2n) is 6.01. The first kappa shape index (κ1) is 13.2. The van der Waals surface area contributed by atoms with Crippen molar-refractivity contribution >= 4 is 0 Å². The molecule has 100 valence electrons. The molecule has 2 N–H and O–H groups in total. The van der Waals surface area contributed by atoms with Crippen molar-refractivity contribution in [2.45, 2.75) is 51.0 Å². The Kier molecular flexibility index (Phi) is 4.03. The molecule has 0 aromatic heterocycles. The monoisotopic (exact) mass is 246 g/mol. The van der Waals surface area contributed by atoms with Crippen LogP contribution in [0.5, 0.6) is 0 Å². The fraction of sp³-hybridized carbons (Fsp3) is 1.00. The van der Waals surface area contributed by atoms with Crippen LogP contribution in [0.15, 0.2) is 0 Å². The highest BCUT2D eigenvalue weighted by molar-refractivity contribution is 4.85. The van der Waals surface area contributed by atoms with Gasteiger partial charge in [0.15, 0.2) is 0 Å². The quantitative estimate of drug-likeness (QED) is 0.811. The average Bonchev–Trinajstić information content (AvgIpc) is 2.22. The van der Waals surface area contributed by atoms with E-state index in [1.165, 1.54) is 0 Å². The molecular formula is C13H24F2N2. The van der Waals surface area contributed by atoms with Crippen LogP contribution < -0.4 is 5.73 Å². The molecule has 0 radical (unpaired) electrons. The zero-order valence-electron chi connectivity index (χ0n) is 10.7. The summed E-state index contributed by atoms with van der Waals surface area (Å²) in [5, 5.41) is 0. The van der Waals surface area contributed by atoms with Crippen LogP contribution in [-0.4, -0.2) is 36.5 Å². The van der Waals surface area contributed by atoms with Crippen molar-refractivity contribution in [1.82, 2.24) is 4.90 Å². The maximum atomic E-state index is 13.3. The van der Waals surface area contributed by atoms with E-state index < -0.39 is 5.92 Å². The maximum absolute atomic E-state index is 13.3. The van der Waals surface area contributed by atoms with Gasteiger partial charge in [0.05, 0.1) is 0 Å². The Labute approximate surface area is 103 Å². The number of nitrogens with zero attached hydrogens (tertiary/aromatic N) is 1. The van der Waals surface area contributed by atoms with Gasteiger partial charge in [0.2, 0.25) is 5.92 Å². The molecule has 2 fully saturated rings. The first-order valence-electron chi connectivity index (χ1n) is 6.82. The summed E-state index contributed by atoms with van der Waals surface area (Å²) in [6, 6.07) is 0.216. The molecule has 1 aliphatic carbocycles. The molecule has 2 rings (SSSR count). The summed E-state index contributed by atoms with van der Waals surface area (Å²) in [6.07, 6.45) is 2.89. The zero-order valence-corrected chi connectivity index (χ0v) is 10.7. The summed E-state index contributed by atoms with van der Waals surface area (Å²) in [7, 11) is 0. The lowest BCUT2D eigenvalue weighted by atomic mass is 9.85. The van der Waals surface area contributed by atoms with Crippen LogP contribution in [0.4, 0.5) is 8.78 Å². The van der Waals surface area contributed by atoms with E-state index in [9.17, 15) is 8.78 Å². The normalized spacial score (nSPS) is 39.2. The topological polar surface area (TPSA) is 29.3 Å². The second-order valence-corrected chi connectivity index (χ2v) is 6.01. The van der Waals surface area contributed by atoms with Crippen molar-refractivity contribution in [1.29, 1.82) is 0 Å². The highest BCUT2D eigenvalue weighted by atomic mass is 19.3. The Morgan fingerprint density at radius 2 is 2.12 bits per heavy atom. The predicted molar refractivity (Wildman–Crippen MR) is 65.1 cm³/mol. The summed E-state index contributed by atoms with van der Waals surface area (Å²) in [4.78, 5) is 2.29. The van der Waals surface area contributed by atoms with Crippen LogP contribution in [0.3, 0.4) is 0 Å². The molecular weight excluding hydrogens is 222 g/mol. The van der Waals surface area contributed by atoms with Gasteiger partial charge in [0.1, 0.15) is 0 Å². The summed E-state index contributed by atoms with van der Waals surface area (Å²) in [5.41, 5.74) is 6.04. The first-order chi connectivity index (χ1) is 7.96. The van der Waals surface area contributed by atoms with Crippen molar-refractivity contribution in [3.05, 3.63) is 0 Å². The first-order valence-corrected chi connectivity index (χ1v) is 6.82. The number of halogens is 2. The average molecular weight is 246 g/mol. The van der Waals surface area contributed by atoms with E-state index in [4.69, 9.17) is 5.73 Å². The maximum Gasteiger partial charge on any atom is 0.248 e. The van der Waals surface area contributed by atoms with Gasteiger partial charge in [-0.2, -0.15) is 0 Å². The minimum atomic E-state index is -2.42. The van der Waals surface area contributed by atoms with Crippen molar-refractivity contribution in [2.75, 3.05) is 19.6 Å². The van der Waals surface area contributed by atoms with Gasteiger partial charge in [-0.1, -0.05) is 6.92 Å². The third-order valence-corrected chi connectivity index (χ3v) is 4.36. The molecule has 1 saturated carbocycles. The predicted octanol–water partition coefficient (Wildman–Crippen LogP) is 2.48. The lowest BCUT2D eigenvalue weighted by Gasteiger charge is -2.38. The van der Waals surface area contributed by atoms with Gasteiger partial charge in [-0.15, -0.1) is 0 Å². The third-order valence-electron chi connectivity index (χ3n) is 4.36. The van der Waals surface area contributed by atoms with E-state index in [0.29, 0.717) is 12.3 Å². The number of hydrogen-bond acceptors (Lipinski definition) is 2. The fourth-order valence-electron chi connectivity index (χ4n) is 3.13. The number of likely N-dealkylation sites (tertiary alicyclic amines) is 1. The fourth-order valence-corrected chi connectivity index (χ4v) is 3.13. The molecule has 17 heavy (non-hydrogen) atoms. The lowest BCUT2D eigenvalue weighted by Crippen LogP contribution is -2.49. The Balaban J connectivity index is 1.81. The van der Waals surface area contributed by atoms with Crippen molar-refractivity contribution in [3.63, 3.8) is 0 Å². The summed E-state index contributed by atoms with van der Waals surface area (Å²) in [5.74, 6) is -1.69. The Bertz CT molecular complexity index is 258. The van der Waals surface area contributed by atoms with Gasteiger partial charge < -0.3 is 10.6 Å². The summed E-state index contributed by atoms with van der Waals surface area (Å²) in [6.45, 7) is 4.90. The molecule has 3 unspecified atom stereocenters. The molecule has 4 heteroatoms. The summed E-state index contributed by atoms with van der Waals surface area (Å²) < 4.78 is 26.6. The highest BCUT2D eigenvalue weighted by Gasteiger charge is 2.37. The molecule has 3 atom stereocenters. The molecule has 1 heterocycles. The molecule has 0 aromatic carbocycles. The zero-order chi connectivity index (χ0) is 12.5. The number of piperidine rings is 1. The smallest absolute Gasteiger partial charge is 0.248 e. The van der Waals surface area contributed by atoms with E-state index in [1.54, 1.807) is 0 Å². The van der Waals surface area contributed by atoms with Crippen molar-refractivity contribution in [3.8, 4) is 0 Å². The van der Waals surface area contributed by atoms with Crippen LogP contribution in [0.25, 0.3) is 0 Å². The largest absolute Gasteiger partial charge is 0.326 e. The SMILES string of the molecule is CC1CCN(CC2CCCC(F)(F)C2)CC1N. The molecule has 0 aromatic rings. The standard InChI is InChI=1S/C13H24F2N2/c1-10-4-6-17(9-12(10)16)8-11-3-2-5-13(14,15)7-11/h10-12H,2-9,16H2,1H3. The number of alkyl halides is 2. The van der Waals surface area contributed by atoms with Crippen molar-refractivity contribution < 1.29 is 8.78 Å². The Morgan fingerprint density at radius 3 is 2.76 bits per heavy atom. The van der Waals surface area contributed by atoms with Crippen LogP contribution >= 0.6 is 0 Å². The highest BCUT2D eigenvalue weighted by Crippen LogP contribution is 2.37. The van der Waals surface area contributed by atoms with Gasteiger partial charge in [0, 0.05) is 32.0 Å².